The fraction of sp³-hybridized carbons (Fsp3) is 0.300. The molecule has 0 fully saturated rings. The van der Waals surface area contributed by atoms with Crippen LogP contribution >= 0.6 is 11.6 Å². The first-order valence-corrected chi connectivity index (χ1v) is 10.5. The van der Waals surface area contributed by atoms with Crippen LogP contribution in [0.5, 0.6) is 5.75 Å². The first kappa shape index (κ1) is 20.4. The van der Waals surface area contributed by atoms with Gasteiger partial charge in [0.1, 0.15) is 5.75 Å². The lowest BCUT2D eigenvalue weighted by molar-refractivity contribution is 0.415. The Kier molecular flexibility index (Phi) is 5.25. The smallest absolute Gasteiger partial charge is 0.227 e. The van der Waals surface area contributed by atoms with Crippen molar-refractivity contribution in [1.29, 1.82) is 0 Å². The third kappa shape index (κ3) is 3.64. The fourth-order valence-electron chi connectivity index (χ4n) is 2.84. The molecule has 0 atom stereocenters. The first-order chi connectivity index (χ1) is 13.1. The van der Waals surface area contributed by atoms with Gasteiger partial charge in [-0.15, -0.1) is 5.10 Å². The quantitative estimate of drug-likeness (QED) is 0.627. The van der Waals surface area contributed by atoms with Crippen molar-refractivity contribution in [3.05, 3.63) is 58.7 Å². The summed E-state index contributed by atoms with van der Waals surface area (Å²) in [4.78, 5) is 0.184. The van der Waals surface area contributed by atoms with Crippen molar-refractivity contribution in [3.63, 3.8) is 0 Å². The molecule has 3 rings (SSSR count). The van der Waals surface area contributed by atoms with Crippen molar-refractivity contribution in [1.82, 2.24) is 15.0 Å². The van der Waals surface area contributed by atoms with Crippen LogP contribution in [0.3, 0.4) is 0 Å². The zero-order valence-electron chi connectivity index (χ0n) is 16.4. The molecule has 0 amide bonds. The molecule has 0 N–H and O–H groups in total. The van der Waals surface area contributed by atoms with Crippen LogP contribution in [0.25, 0.3) is 5.69 Å². The molecule has 6 nitrogen and oxygen atoms in total. The van der Waals surface area contributed by atoms with Crippen LogP contribution in [-0.2, 0) is 15.3 Å². The highest BCUT2D eigenvalue weighted by Crippen LogP contribution is 2.29. The zero-order valence-corrected chi connectivity index (χ0v) is 18.0. The van der Waals surface area contributed by atoms with Crippen LogP contribution in [0.15, 0.2) is 52.4 Å². The molecular formula is C20H22ClN3O3S. The van der Waals surface area contributed by atoms with Crippen molar-refractivity contribution in [2.75, 3.05) is 7.11 Å². The summed E-state index contributed by atoms with van der Waals surface area (Å²) in [6.45, 7) is 7.89. The van der Waals surface area contributed by atoms with Crippen molar-refractivity contribution >= 4 is 21.4 Å². The number of aromatic nitrogens is 3. The Morgan fingerprint density at radius 2 is 1.71 bits per heavy atom. The van der Waals surface area contributed by atoms with Gasteiger partial charge in [-0.3, -0.25) is 0 Å². The number of methoxy groups -OCH3 is 1. The van der Waals surface area contributed by atoms with Gasteiger partial charge < -0.3 is 4.74 Å². The highest BCUT2D eigenvalue weighted by molar-refractivity contribution is 7.91. The summed E-state index contributed by atoms with van der Waals surface area (Å²) in [5.74, 6) is 0.523. The Balaban J connectivity index is 2.02. The molecule has 28 heavy (non-hydrogen) atoms. The van der Waals surface area contributed by atoms with Gasteiger partial charge in [-0.25, -0.2) is 13.1 Å². The van der Waals surface area contributed by atoms with E-state index in [2.05, 4.69) is 31.1 Å². The minimum Gasteiger partial charge on any atom is -0.495 e. The van der Waals surface area contributed by atoms with Gasteiger partial charge in [0.15, 0.2) is 0 Å². The number of sulfone groups is 1. The summed E-state index contributed by atoms with van der Waals surface area (Å²) in [7, 11) is -2.27. The maximum absolute atomic E-state index is 13.1. The van der Waals surface area contributed by atoms with Gasteiger partial charge in [0.2, 0.25) is 14.9 Å². The molecule has 2 aromatic carbocycles. The number of hydrogen-bond donors (Lipinski definition) is 0. The van der Waals surface area contributed by atoms with Crippen LogP contribution in [0.4, 0.5) is 0 Å². The number of halogens is 1. The molecule has 0 spiro atoms. The summed E-state index contributed by atoms with van der Waals surface area (Å²) in [6.07, 6.45) is 0. The Morgan fingerprint density at radius 1 is 1.07 bits per heavy atom. The lowest BCUT2D eigenvalue weighted by Gasteiger charge is -2.19. The number of rotatable bonds is 4. The molecule has 1 heterocycles. The van der Waals surface area contributed by atoms with E-state index >= 15 is 0 Å². The second-order valence-electron chi connectivity index (χ2n) is 7.49. The summed E-state index contributed by atoms with van der Waals surface area (Å²) in [6, 6.07) is 12.0. The van der Waals surface area contributed by atoms with Crippen molar-refractivity contribution in [2.45, 2.75) is 43.0 Å². The van der Waals surface area contributed by atoms with E-state index in [0.29, 0.717) is 22.2 Å². The average molecular weight is 420 g/mol. The highest BCUT2D eigenvalue weighted by Gasteiger charge is 2.26. The van der Waals surface area contributed by atoms with E-state index < -0.39 is 9.84 Å². The van der Waals surface area contributed by atoms with Gasteiger partial charge >= 0.3 is 0 Å². The normalized spacial score (nSPS) is 12.2. The molecule has 0 radical (unpaired) electrons. The lowest BCUT2D eigenvalue weighted by Crippen LogP contribution is -2.11. The van der Waals surface area contributed by atoms with E-state index in [1.54, 1.807) is 37.3 Å². The van der Waals surface area contributed by atoms with Crippen LogP contribution < -0.4 is 4.74 Å². The number of benzene rings is 2. The van der Waals surface area contributed by atoms with E-state index in [-0.39, 0.29) is 15.3 Å². The van der Waals surface area contributed by atoms with Gasteiger partial charge in [0, 0.05) is 0 Å². The minimum absolute atomic E-state index is 0.0605. The van der Waals surface area contributed by atoms with Crippen LogP contribution in [0.2, 0.25) is 5.02 Å². The van der Waals surface area contributed by atoms with E-state index in [9.17, 15) is 8.42 Å². The molecule has 0 aliphatic rings. The standard InChI is InChI=1S/C20H22ClN3O3S/c1-13-19(22-23-24(13)15-8-11-18(27-5)17(21)12-15)28(25,26)16-9-6-14(7-10-16)20(2,3)4/h6-12H,1-5H3. The lowest BCUT2D eigenvalue weighted by atomic mass is 9.87. The molecule has 8 heteroatoms. The van der Waals surface area contributed by atoms with E-state index in [4.69, 9.17) is 16.3 Å². The summed E-state index contributed by atoms with van der Waals surface area (Å²) >= 11 is 6.17. The number of hydrogen-bond acceptors (Lipinski definition) is 5. The highest BCUT2D eigenvalue weighted by atomic mass is 35.5. The van der Waals surface area contributed by atoms with E-state index in [0.717, 1.165) is 5.56 Å². The minimum atomic E-state index is -3.79. The molecule has 0 aliphatic heterocycles. The van der Waals surface area contributed by atoms with Crippen molar-refractivity contribution in [3.8, 4) is 11.4 Å². The Labute approximate surface area is 170 Å². The Morgan fingerprint density at radius 3 is 2.25 bits per heavy atom. The average Bonchev–Trinajstić information content (AvgIpc) is 3.03. The second kappa shape index (κ2) is 7.22. The van der Waals surface area contributed by atoms with Gasteiger partial charge in [-0.1, -0.05) is 49.7 Å². The zero-order chi connectivity index (χ0) is 20.7. The predicted molar refractivity (Wildman–Crippen MR) is 108 cm³/mol. The molecule has 0 bridgehead atoms. The fourth-order valence-corrected chi connectivity index (χ4v) is 4.43. The van der Waals surface area contributed by atoms with Crippen molar-refractivity contribution in [2.24, 2.45) is 0 Å². The third-order valence-electron chi connectivity index (χ3n) is 4.52. The molecule has 0 saturated carbocycles. The van der Waals surface area contributed by atoms with Crippen LogP contribution in [0, 0.1) is 6.92 Å². The first-order valence-electron chi connectivity index (χ1n) is 8.67. The predicted octanol–water partition coefficient (Wildman–Crippen LogP) is 4.37. The van der Waals surface area contributed by atoms with Gasteiger partial charge in [0.05, 0.1) is 28.4 Å². The topological polar surface area (TPSA) is 74.1 Å². The maximum Gasteiger partial charge on any atom is 0.227 e. The SMILES string of the molecule is COc1ccc(-n2nnc(S(=O)(=O)c3ccc(C(C)(C)C)cc3)c2C)cc1Cl. The molecule has 1 aromatic heterocycles. The summed E-state index contributed by atoms with van der Waals surface area (Å²) < 4.78 is 32.7. The van der Waals surface area contributed by atoms with Crippen LogP contribution in [0.1, 0.15) is 32.0 Å². The Bertz CT molecular complexity index is 1110. The maximum atomic E-state index is 13.1. The molecule has 0 aliphatic carbocycles. The van der Waals surface area contributed by atoms with Crippen molar-refractivity contribution < 1.29 is 13.2 Å². The van der Waals surface area contributed by atoms with Gasteiger partial charge in [-0.2, -0.15) is 0 Å². The van der Waals surface area contributed by atoms with E-state index in [1.807, 2.05) is 12.1 Å². The summed E-state index contributed by atoms with van der Waals surface area (Å²) in [5.41, 5.74) is 2.00. The molecule has 0 saturated heterocycles. The molecule has 148 valence electrons. The largest absolute Gasteiger partial charge is 0.495 e. The molecule has 0 unspecified atom stereocenters. The number of ether oxygens (including phenoxy) is 1. The number of nitrogens with zero attached hydrogens (tertiary/aromatic N) is 3. The Hall–Kier alpha value is -2.38. The second-order valence-corrected chi connectivity index (χ2v) is 9.76. The van der Waals surface area contributed by atoms with E-state index in [1.165, 1.54) is 11.8 Å². The summed E-state index contributed by atoms with van der Waals surface area (Å²) in [5, 5.41) is 8.27. The third-order valence-corrected chi connectivity index (χ3v) is 6.59. The molecule has 3 aromatic rings. The van der Waals surface area contributed by atoms with Crippen LogP contribution in [-0.4, -0.2) is 30.5 Å². The van der Waals surface area contributed by atoms with Gasteiger partial charge in [0.25, 0.3) is 0 Å². The van der Waals surface area contributed by atoms with Gasteiger partial charge in [-0.05, 0) is 48.2 Å². The molecular weight excluding hydrogens is 398 g/mol. The monoisotopic (exact) mass is 419 g/mol.